The second kappa shape index (κ2) is 7.04. The normalized spacial score (nSPS) is 10.7. The quantitative estimate of drug-likeness (QED) is 0.631. The van der Waals surface area contributed by atoms with Gasteiger partial charge in [-0.05, 0) is 25.8 Å². The summed E-state index contributed by atoms with van der Waals surface area (Å²) in [4.78, 5) is 11.0. The first-order valence-corrected chi connectivity index (χ1v) is 7.28. The highest BCUT2D eigenvalue weighted by molar-refractivity contribution is 5.58. The molecule has 0 atom stereocenters. The highest BCUT2D eigenvalue weighted by Gasteiger charge is 2.18. The van der Waals surface area contributed by atoms with Gasteiger partial charge in [0, 0.05) is 18.2 Å². The molecular weight excluding hydrogens is 262 g/mol. The summed E-state index contributed by atoms with van der Waals surface area (Å²) < 4.78 is 0. The van der Waals surface area contributed by atoms with Crippen LogP contribution < -0.4 is 16.2 Å². The fraction of sp³-hybridized carbons (Fsp3) is 0.375. The van der Waals surface area contributed by atoms with Crippen molar-refractivity contribution in [1.82, 2.24) is 9.97 Å². The molecule has 0 unspecified atom stereocenters. The fourth-order valence-corrected chi connectivity index (χ4v) is 2.38. The molecule has 3 N–H and O–H groups in total. The third kappa shape index (κ3) is 3.49. The molecule has 1 aromatic heterocycles. The Morgan fingerprint density at radius 2 is 1.90 bits per heavy atom. The van der Waals surface area contributed by atoms with E-state index in [1.807, 2.05) is 6.07 Å². The molecular formula is C16H23N5. The maximum absolute atomic E-state index is 5.57. The SMILES string of the molecule is CCc1c(NN)ncnc1N(Cc1ccccc1)C(C)C. The molecule has 112 valence electrons. The van der Waals surface area contributed by atoms with Gasteiger partial charge in [0.25, 0.3) is 0 Å². The van der Waals surface area contributed by atoms with Gasteiger partial charge in [0.1, 0.15) is 18.0 Å². The summed E-state index contributed by atoms with van der Waals surface area (Å²) in [7, 11) is 0. The lowest BCUT2D eigenvalue weighted by Gasteiger charge is -2.30. The summed E-state index contributed by atoms with van der Waals surface area (Å²) in [5, 5.41) is 0. The topological polar surface area (TPSA) is 67.1 Å². The van der Waals surface area contributed by atoms with Crippen molar-refractivity contribution in [3.8, 4) is 0 Å². The summed E-state index contributed by atoms with van der Waals surface area (Å²) in [6, 6.07) is 10.7. The van der Waals surface area contributed by atoms with Gasteiger partial charge in [-0.15, -0.1) is 0 Å². The zero-order valence-electron chi connectivity index (χ0n) is 12.9. The number of benzene rings is 1. The highest BCUT2D eigenvalue weighted by Crippen LogP contribution is 2.26. The predicted molar refractivity (Wildman–Crippen MR) is 87.0 cm³/mol. The number of nitrogens with one attached hydrogen (secondary N) is 1. The van der Waals surface area contributed by atoms with Crippen molar-refractivity contribution in [2.75, 3.05) is 10.3 Å². The van der Waals surface area contributed by atoms with Gasteiger partial charge in [-0.25, -0.2) is 15.8 Å². The predicted octanol–water partition coefficient (Wildman–Crippen LogP) is 2.74. The van der Waals surface area contributed by atoms with Crippen molar-refractivity contribution in [2.45, 2.75) is 39.8 Å². The minimum Gasteiger partial charge on any atom is -0.349 e. The van der Waals surface area contributed by atoms with Crippen molar-refractivity contribution in [2.24, 2.45) is 5.84 Å². The molecule has 0 saturated carbocycles. The van der Waals surface area contributed by atoms with Crippen LogP contribution in [0.15, 0.2) is 36.7 Å². The number of aromatic nitrogens is 2. The molecule has 0 spiro atoms. The molecule has 0 fully saturated rings. The molecule has 5 nitrogen and oxygen atoms in total. The van der Waals surface area contributed by atoms with E-state index < -0.39 is 0 Å². The van der Waals surface area contributed by atoms with Crippen molar-refractivity contribution >= 4 is 11.6 Å². The number of anilines is 2. The van der Waals surface area contributed by atoms with Gasteiger partial charge in [-0.1, -0.05) is 37.3 Å². The van der Waals surface area contributed by atoms with Crippen molar-refractivity contribution < 1.29 is 0 Å². The van der Waals surface area contributed by atoms with Gasteiger partial charge in [0.2, 0.25) is 0 Å². The maximum atomic E-state index is 5.57. The second-order valence-corrected chi connectivity index (χ2v) is 5.23. The highest BCUT2D eigenvalue weighted by atomic mass is 15.3. The summed E-state index contributed by atoms with van der Waals surface area (Å²) in [6.45, 7) is 7.23. The molecule has 21 heavy (non-hydrogen) atoms. The van der Waals surface area contributed by atoms with Crippen molar-refractivity contribution in [3.05, 3.63) is 47.8 Å². The molecule has 0 bridgehead atoms. The van der Waals surface area contributed by atoms with Gasteiger partial charge < -0.3 is 10.3 Å². The molecule has 0 aliphatic carbocycles. The zero-order chi connectivity index (χ0) is 15.2. The average Bonchev–Trinajstić information content (AvgIpc) is 2.52. The first kappa shape index (κ1) is 15.3. The van der Waals surface area contributed by atoms with Gasteiger partial charge >= 0.3 is 0 Å². The molecule has 1 heterocycles. The molecule has 0 saturated heterocycles. The van der Waals surface area contributed by atoms with Crippen LogP contribution in [0.25, 0.3) is 0 Å². The van der Waals surface area contributed by atoms with Crippen LogP contribution >= 0.6 is 0 Å². The molecule has 1 aromatic carbocycles. The summed E-state index contributed by atoms with van der Waals surface area (Å²) in [5.74, 6) is 7.20. The number of hydrogen-bond donors (Lipinski definition) is 2. The van der Waals surface area contributed by atoms with Gasteiger partial charge in [-0.2, -0.15) is 0 Å². The molecule has 0 aliphatic heterocycles. The van der Waals surface area contributed by atoms with Crippen LogP contribution in [0.3, 0.4) is 0 Å². The first-order valence-electron chi connectivity index (χ1n) is 7.28. The van der Waals surface area contributed by atoms with E-state index in [-0.39, 0.29) is 0 Å². The van der Waals surface area contributed by atoms with E-state index in [9.17, 15) is 0 Å². The summed E-state index contributed by atoms with van der Waals surface area (Å²) >= 11 is 0. The third-order valence-electron chi connectivity index (χ3n) is 3.50. The molecule has 0 aliphatic rings. The fourth-order valence-electron chi connectivity index (χ4n) is 2.38. The monoisotopic (exact) mass is 285 g/mol. The van der Waals surface area contributed by atoms with E-state index in [2.05, 4.69) is 65.3 Å². The van der Waals surface area contributed by atoms with Crippen LogP contribution in [0.2, 0.25) is 0 Å². The molecule has 5 heteroatoms. The van der Waals surface area contributed by atoms with Crippen LogP contribution in [0.1, 0.15) is 31.9 Å². The second-order valence-electron chi connectivity index (χ2n) is 5.23. The Morgan fingerprint density at radius 3 is 2.48 bits per heavy atom. The van der Waals surface area contributed by atoms with E-state index in [1.165, 1.54) is 5.56 Å². The number of nitrogen functional groups attached to an aromatic ring is 1. The summed E-state index contributed by atoms with van der Waals surface area (Å²) in [6.07, 6.45) is 2.39. The van der Waals surface area contributed by atoms with Crippen LogP contribution in [0.4, 0.5) is 11.6 Å². The van der Waals surface area contributed by atoms with E-state index in [4.69, 9.17) is 5.84 Å². The van der Waals surface area contributed by atoms with Crippen LogP contribution in [-0.4, -0.2) is 16.0 Å². The Balaban J connectivity index is 2.39. The molecule has 0 radical (unpaired) electrons. The lowest BCUT2D eigenvalue weighted by atomic mass is 10.1. The molecule has 2 rings (SSSR count). The van der Waals surface area contributed by atoms with Gasteiger partial charge in [0.15, 0.2) is 0 Å². The van der Waals surface area contributed by atoms with Crippen LogP contribution in [-0.2, 0) is 13.0 Å². The van der Waals surface area contributed by atoms with E-state index in [0.29, 0.717) is 11.9 Å². The number of nitrogens with zero attached hydrogens (tertiary/aromatic N) is 3. The lowest BCUT2D eigenvalue weighted by Crippen LogP contribution is -2.32. The zero-order valence-corrected chi connectivity index (χ0v) is 12.9. The standard InChI is InChI=1S/C16H23N5/c1-4-14-15(20-17)18-11-19-16(14)21(12(2)3)10-13-8-6-5-7-9-13/h5-9,11-12H,4,10,17H2,1-3H3,(H,18,19,20). The number of rotatable bonds is 6. The van der Waals surface area contributed by atoms with Crippen LogP contribution in [0, 0.1) is 0 Å². The Kier molecular flexibility index (Phi) is 5.11. The van der Waals surface area contributed by atoms with E-state index in [0.717, 1.165) is 24.3 Å². The van der Waals surface area contributed by atoms with Crippen molar-refractivity contribution in [1.29, 1.82) is 0 Å². The largest absolute Gasteiger partial charge is 0.349 e. The average molecular weight is 285 g/mol. The Labute approximate surface area is 126 Å². The first-order chi connectivity index (χ1) is 10.2. The Bertz CT molecular complexity index is 568. The number of hydrazine groups is 1. The van der Waals surface area contributed by atoms with E-state index in [1.54, 1.807) is 6.33 Å². The molecule has 2 aromatic rings. The number of hydrogen-bond acceptors (Lipinski definition) is 5. The third-order valence-corrected chi connectivity index (χ3v) is 3.50. The van der Waals surface area contributed by atoms with E-state index >= 15 is 0 Å². The Hall–Kier alpha value is -2.14. The maximum Gasteiger partial charge on any atom is 0.148 e. The van der Waals surface area contributed by atoms with Gasteiger partial charge in [-0.3, -0.25) is 0 Å². The minimum absolute atomic E-state index is 0.330. The molecule has 0 amide bonds. The van der Waals surface area contributed by atoms with Gasteiger partial charge in [0.05, 0.1) is 0 Å². The Morgan fingerprint density at radius 1 is 1.19 bits per heavy atom. The minimum atomic E-state index is 0.330. The van der Waals surface area contributed by atoms with Crippen LogP contribution in [0.5, 0.6) is 0 Å². The lowest BCUT2D eigenvalue weighted by molar-refractivity contribution is 0.666. The number of nitrogens with two attached hydrogens (primary N) is 1. The smallest absolute Gasteiger partial charge is 0.148 e. The summed E-state index contributed by atoms with van der Waals surface area (Å²) in [5.41, 5.74) is 4.97. The van der Waals surface area contributed by atoms with Crippen molar-refractivity contribution in [3.63, 3.8) is 0 Å².